The third-order valence-corrected chi connectivity index (χ3v) is 4.92. The number of hydrogen-bond donors (Lipinski definition) is 1. The van der Waals surface area contributed by atoms with Crippen LogP contribution in [0.5, 0.6) is 0 Å². The fourth-order valence-corrected chi connectivity index (χ4v) is 3.32. The molecule has 2 rings (SSSR count). The van der Waals surface area contributed by atoms with Gasteiger partial charge in [0, 0.05) is 41.1 Å². The molecule has 0 spiro atoms. The molecule has 2 unspecified atom stereocenters. The van der Waals surface area contributed by atoms with Crippen molar-refractivity contribution in [1.29, 1.82) is 0 Å². The van der Waals surface area contributed by atoms with Crippen molar-refractivity contribution in [2.24, 2.45) is 5.92 Å². The lowest BCUT2D eigenvalue weighted by molar-refractivity contribution is -0.129. The first kappa shape index (κ1) is 15.7. The van der Waals surface area contributed by atoms with Gasteiger partial charge in [-0.25, -0.2) is 0 Å². The van der Waals surface area contributed by atoms with E-state index in [1.54, 1.807) is 18.7 Å². The average Bonchev–Trinajstić information content (AvgIpc) is 2.91. The van der Waals surface area contributed by atoms with E-state index in [0.29, 0.717) is 13.0 Å². The third kappa shape index (κ3) is 4.40. The minimum atomic E-state index is -0.323. The number of hydrogen-bond acceptors (Lipinski definition) is 3. The second kappa shape index (κ2) is 7.34. The van der Waals surface area contributed by atoms with E-state index in [2.05, 4.69) is 0 Å². The van der Waals surface area contributed by atoms with E-state index in [0.717, 1.165) is 28.6 Å². The Bertz CT molecular complexity index is 450. The van der Waals surface area contributed by atoms with Crippen LogP contribution in [0.15, 0.2) is 29.2 Å². The highest BCUT2D eigenvalue weighted by Crippen LogP contribution is 2.23. The predicted molar refractivity (Wildman–Crippen MR) is 83.2 cm³/mol. The van der Waals surface area contributed by atoms with Gasteiger partial charge in [0.1, 0.15) is 0 Å². The fourth-order valence-electron chi connectivity index (χ4n) is 2.35. The van der Waals surface area contributed by atoms with E-state index in [4.69, 9.17) is 11.6 Å². The topological polar surface area (TPSA) is 40.5 Å². The molecule has 5 heteroatoms. The van der Waals surface area contributed by atoms with Gasteiger partial charge < -0.3 is 10.0 Å². The lowest BCUT2D eigenvalue weighted by Crippen LogP contribution is -2.30. The molecule has 1 aliphatic heterocycles. The molecule has 0 aliphatic carbocycles. The van der Waals surface area contributed by atoms with Crippen LogP contribution in [0.2, 0.25) is 5.02 Å². The molecule has 1 amide bonds. The molecule has 0 bridgehead atoms. The predicted octanol–water partition coefficient (Wildman–Crippen LogP) is 3.05. The summed E-state index contributed by atoms with van der Waals surface area (Å²) in [5.41, 5.74) is 0. The molecule has 1 N–H and O–H groups in total. The fraction of sp³-hybridized carbons (Fsp3) is 0.533. The monoisotopic (exact) mass is 313 g/mol. The molecule has 1 aromatic rings. The van der Waals surface area contributed by atoms with Crippen molar-refractivity contribution in [3.63, 3.8) is 0 Å². The zero-order chi connectivity index (χ0) is 14.5. The molecule has 0 aromatic heterocycles. The van der Waals surface area contributed by atoms with Crippen LogP contribution in [0, 0.1) is 5.92 Å². The Morgan fingerprint density at radius 3 is 2.80 bits per heavy atom. The summed E-state index contributed by atoms with van der Waals surface area (Å²) < 4.78 is 0. The number of halogens is 1. The first-order valence-electron chi connectivity index (χ1n) is 6.90. The van der Waals surface area contributed by atoms with Crippen LogP contribution in [0.3, 0.4) is 0 Å². The molecule has 110 valence electrons. The number of carbonyl (C=O) groups excluding carboxylic acids is 1. The number of aliphatic hydroxyl groups is 1. The molecule has 1 aliphatic rings. The van der Waals surface area contributed by atoms with Crippen LogP contribution >= 0.6 is 23.4 Å². The Kier molecular flexibility index (Phi) is 5.75. The van der Waals surface area contributed by atoms with E-state index in [-0.39, 0.29) is 17.9 Å². The first-order chi connectivity index (χ1) is 9.56. The van der Waals surface area contributed by atoms with E-state index >= 15 is 0 Å². The van der Waals surface area contributed by atoms with Crippen molar-refractivity contribution in [3.05, 3.63) is 29.3 Å². The zero-order valence-corrected chi connectivity index (χ0v) is 13.2. The largest absolute Gasteiger partial charge is 0.393 e. The highest BCUT2D eigenvalue weighted by Gasteiger charge is 2.28. The Labute approximate surface area is 129 Å². The SMILES string of the molecule is CC(O)C1CCN(C(=O)CCSc2ccc(Cl)cc2)C1. The van der Waals surface area contributed by atoms with Crippen molar-refractivity contribution in [2.45, 2.75) is 30.8 Å². The lowest BCUT2D eigenvalue weighted by Gasteiger charge is -2.17. The minimum absolute atomic E-state index is 0.189. The molecule has 3 nitrogen and oxygen atoms in total. The maximum atomic E-state index is 12.1. The van der Waals surface area contributed by atoms with Gasteiger partial charge in [-0.1, -0.05) is 11.6 Å². The molecular weight excluding hydrogens is 294 g/mol. The van der Waals surface area contributed by atoms with Gasteiger partial charge in [0.05, 0.1) is 6.10 Å². The first-order valence-corrected chi connectivity index (χ1v) is 8.27. The van der Waals surface area contributed by atoms with Crippen molar-refractivity contribution in [1.82, 2.24) is 4.90 Å². The summed E-state index contributed by atoms with van der Waals surface area (Å²) in [5, 5.41) is 10.3. The quantitative estimate of drug-likeness (QED) is 0.849. The molecule has 2 atom stereocenters. The highest BCUT2D eigenvalue weighted by atomic mass is 35.5. The van der Waals surface area contributed by atoms with Gasteiger partial charge in [-0.05, 0) is 37.6 Å². The standard InChI is InChI=1S/C15H20ClNO2S/c1-11(18)12-6-8-17(10-12)15(19)7-9-20-14-4-2-13(16)3-5-14/h2-5,11-12,18H,6-10H2,1H3. The van der Waals surface area contributed by atoms with Crippen LogP contribution in [0.1, 0.15) is 19.8 Å². The van der Waals surface area contributed by atoms with Gasteiger partial charge in [0.2, 0.25) is 5.91 Å². The van der Waals surface area contributed by atoms with Crippen molar-refractivity contribution in [2.75, 3.05) is 18.8 Å². The summed E-state index contributed by atoms with van der Waals surface area (Å²) in [6.07, 6.45) is 1.13. The van der Waals surface area contributed by atoms with Crippen LogP contribution in [0.25, 0.3) is 0 Å². The molecule has 1 saturated heterocycles. The van der Waals surface area contributed by atoms with Gasteiger partial charge in [-0.15, -0.1) is 11.8 Å². The molecule has 1 heterocycles. The van der Waals surface area contributed by atoms with E-state index in [1.807, 2.05) is 29.2 Å². The summed E-state index contributed by atoms with van der Waals surface area (Å²) >= 11 is 7.50. The molecular formula is C15H20ClNO2S. The van der Waals surface area contributed by atoms with Crippen LogP contribution in [-0.4, -0.2) is 40.9 Å². The number of aliphatic hydroxyl groups excluding tert-OH is 1. The number of likely N-dealkylation sites (tertiary alicyclic amines) is 1. The Balaban J connectivity index is 1.72. The van der Waals surface area contributed by atoms with Gasteiger partial charge in [-0.3, -0.25) is 4.79 Å². The Hall–Kier alpha value is -0.710. The van der Waals surface area contributed by atoms with Gasteiger partial charge in [0.15, 0.2) is 0 Å². The number of carbonyl (C=O) groups is 1. The molecule has 1 aromatic carbocycles. The average molecular weight is 314 g/mol. The van der Waals surface area contributed by atoms with E-state index in [1.165, 1.54) is 0 Å². The van der Waals surface area contributed by atoms with Gasteiger partial charge >= 0.3 is 0 Å². The molecule has 0 saturated carbocycles. The third-order valence-electron chi connectivity index (χ3n) is 3.66. The van der Waals surface area contributed by atoms with Crippen LogP contribution in [-0.2, 0) is 4.79 Å². The van der Waals surface area contributed by atoms with Crippen LogP contribution in [0.4, 0.5) is 0 Å². The zero-order valence-electron chi connectivity index (χ0n) is 11.6. The molecule has 0 radical (unpaired) electrons. The smallest absolute Gasteiger partial charge is 0.223 e. The summed E-state index contributed by atoms with van der Waals surface area (Å²) in [5.74, 6) is 1.20. The van der Waals surface area contributed by atoms with Crippen LogP contribution < -0.4 is 0 Å². The number of rotatable bonds is 5. The number of thioether (sulfide) groups is 1. The number of nitrogens with zero attached hydrogens (tertiary/aromatic N) is 1. The second-order valence-corrected chi connectivity index (χ2v) is 6.79. The van der Waals surface area contributed by atoms with E-state index in [9.17, 15) is 9.90 Å². The molecule has 20 heavy (non-hydrogen) atoms. The Morgan fingerprint density at radius 2 is 2.20 bits per heavy atom. The molecule has 1 fully saturated rings. The van der Waals surface area contributed by atoms with Crippen molar-refractivity contribution < 1.29 is 9.90 Å². The lowest BCUT2D eigenvalue weighted by atomic mass is 10.0. The maximum Gasteiger partial charge on any atom is 0.223 e. The summed E-state index contributed by atoms with van der Waals surface area (Å²) in [6.45, 7) is 3.27. The van der Waals surface area contributed by atoms with Crippen molar-refractivity contribution in [3.8, 4) is 0 Å². The van der Waals surface area contributed by atoms with E-state index < -0.39 is 0 Å². The summed E-state index contributed by atoms with van der Waals surface area (Å²) in [6, 6.07) is 7.66. The highest BCUT2D eigenvalue weighted by molar-refractivity contribution is 7.99. The second-order valence-electron chi connectivity index (χ2n) is 5.18. The van der Waals surface area contributed by atoms with Gasteiger partial charge in [-0.2, -0.15) is 0 Å². The van der Waals surface area contributed by atoms with Crippen molar-refractivity contribution >= 4 is 29.3 Å². The summed E-state index contributed by atoms with van der Waals surface area (Å²) in [7, 11) is 0. The Morgan fingerprint density at radius 1 is 1.50 bits per heavy atom. The summed E-state index contributed by atoms with van der Waals surface area (Å²) in [4.78, 5) is 15.1. The normalized spacial score (nSPS) is 20.1. The van der Waals surface area contributed by atoms with Gasteiger partial charge in [0.25, 0.3) is 0 Å². The minimum Gasteiger partial charge on any atom is -0.393 e. The maximum absolute atomic E-state index is 12.1. The number of benzene rings is 1. The number of amides is 1.